The maximum absolute atomic E-state index is 12.6. The largest absolute Gasteiger partial charge is 0.506 e. The molecule has 0 spiro atoms. The molecule has 3 rings (SSSR count). The van der Waals surface area contributed by atoms with E-state index in [1.807, 2.05) is 0 Å². The third-order valence-corrected chi connectivity index (χ3v) is 3.75. The first kappa shape index (κ1) is 16.9. The number of benzene rings is 2. The number of nitrogens with one attached hydrogen (secondary N) is 1. The maximum atomic E-state index is 12.6. The number of alkyl halides is 3. The van der Waals surface area contributed by atoms with Crippen LogP contribution in [0, 0.1) is 0 Å². The van der Waals surface area contributed by atoms with Gasteiger partial charge in [0.15, 0.2) is 5.82 Å². The summed E-state index contributed by atoms with van der Waals surface area (Å²) in [5.74, 6) is -0.291. The van der Waals surface area contributed by atoms with Gasteiger partial charge < -0.3 is 10.8 Å². The van der Waals surface area contributed by atoms with Gasteiger partial charge in [0.25, 0.3) is 0 Å². The summed E-state index contributed by atoms with van der Waals surface area (Å²) in [7, 11) is 0. The number of phenolic OH excluding ortho intramolecular Hbond substituents is 1. The van der Waals surface area contributed by atoms with Crippen LogP contribution in [0.1, 0.15) is 5.56 Å². The van der Waals surface area contributed by atoms with Crippen molar-refractivity contribution < 1.29 is 18.3 Å². The van der Waals surface area contributed by atoms with Crippen LogP contribution in [-0.2, 0) is 6.18 Å². The number of aromatic hydroxyl groups is 1. The lowest BCUT2D eigenvalue weighted by Gasteiger charge is -2.07. The third kappa shape index (κ3) is 3.18. The van der Waals surface area contributed by atoms with Crippen LogP contribution in [0.15, 0.2) is 41.2 Å². The molecule has 0 aliphatic rings. The molecule has 0 aliphatic heterocycles. The van der Waals surface area contributed by atoms with Crippen LogP contribution in [-0.4, -0.2) is 19.9 Å². The minimum Gasteiger partial charge on any atom is -0.506 e. The van der Waals surface area contributed by atoms with E-state index < -0.39 is 17.4 Å². The molecule has 3 aromatic rings. The van der Waals surface area contributed by atoms with Crippen LogP contribution < -0.4 is 11.4 Å². The number of halogens is 4. The Bertz CT molecular complexity index is 993. The summed E-state index contributed by atoms with van der Waals surface area (Å²) in [5, 5.41) is 14.0. The summed E-state index contributed by atoms with van der Waals surface area (Å²) >= 11 is 5.88. The molecule has 1 heterocycles. The second-order valence-corrected chi connectivity index (χ2v) is 5.54. The van der Waals surface area contributed by atoms with Gasteiger partial charge in [0.2, 0.25) is 0 Å². The van der Waals surface area contributed by atoms with Crippen molar-refractivity contribution in [3.8, 4) is 22.8 Å². The Balaban J connectivity index is 2.04. The number of phenols is 1. The molecule has 0 saturated carbocycles. The predicted molar refractivity (Wildman–Crippen MR) is 85.7 cm³/mol. The average molecular weight is 371 g/mol. The monoisotopic (exact) mass is 370 g/mol. The number of aromatic nitrogens is 3. The van der Waals surface area contributed by atoms with Gasteiger partial charge in [-0.1, -0.05) is 23.7 Å². The van der Waals surface area contributed by atoms with Crippen LogP contribution in [0.3, 0.4) is 0 Å². The second-order valence-electron chi connectivity index (χ2n) is 5.13. The molecule has 10 heteroatoms. The van der Waals surface area contributed by atoms with Crippen molar-refractivity contribution in [2.45, 2.75) is 6.18 Å². The molecule has 0 bridgehead atoms. The first-order valence-corrected chi connectivity index (χ1v) is 7.20. The maximum Gasteiger partial charge on any atom is 0.416 e. The van der Waals surface area contributed by atoms with Crippen LogP contribution in [0.4, 0.5) is 18.9 Å². The molecule has 1 aromatic heterocycles. The van der Waals surface area contributed by atoms with Crippen LogP contribution >= 0.6 is 11.6 Å². The van der Waals surface area contributed by atoms with E-state index in [-0.39, 0.29) is 33.5 Å². The highest BCUT2D eigenvalue weighted by molar-refractivity contribution is 6.33. The number of H-pyrrole nitrogens is 1. The second kappa shape index (κ2) is 5.85. The number of nitrogen functional groups attached to an aromatic ring is 1. The number of aromatic amines is 1. The van der Waals surface area contributed by atoms with Gasteiger partial charge in [-0.25, -0.2) is 4.79 Å². The number of anilines is 1. The Labute approximate surface area is 143 Å². The summed E-state index contributed by atoms with van der Waals surface area (Å²) in [6.45, 7) is 0. The van der Waals surface area contributed by atoms with Crippen LogP contribution in [0.2, 0.25) is 5.02 Å². The van der Waals surface area contributed by atoms with Crippen molar-refractivity contribution in [2.75, 3.05) is 5.73 Å². The topological polar surface area (TPSA) is 96.9 Å². The zero-order valence-corrected chi connectivity index (χ0v) is 13.1. The van der Waals surface area contributed by atoms with Gasteiger partial charge in [-0.3, -0.25) is 4.98 Å². The van der Waals surface area contributed by atoms with Crippen molar-refractivity contribution in [1.82, 2.24) is 14.8 Å². The molecule has 130 valence electrons. The molecule has 0 amide bonds. The van der Waals surface area contributed by atoms with Gasteiger partial charge in [-0.05, 0) is 18.2 Å². The van der Waals surface area contributed by atoms with E-state index in [1.165, 1.54) is 18.2 Å². The summed E-state index contributed by atoms with van der Waals surface area (Å²) in [4.78, 5) is 14.5. The van der Waals surface area contributed by atoms with Crippen molar-refractivity contribution in [2.24, 2.45) is 0 Å². The standard InChI is InChI=1S/C15H10ClF3N4O2/c16-9-5-11(12(24)6-10(9)20)23-14(25)21-13(22-23)7-1-3-8(4-2-7)15(17,18)19/h1-6,24H,20H2,(H,21,22,25). The Morgan fingerprint density at radius 2 is 1.84 bits per heavy atom. The lowest BCUT2D eigenvalue weighted by molar-refractivity contribution is -0.137. The predicted octanol–water partition coefficient (Wildman–Crippen LogP) is 3.19. The molecule has 6 nitrogen and oxygen atoms in total. The van der Waals surface area contributed by atoms with Crippen molar-refractivity contribution in [1.29, 1.82) is 0 Å². The molecule has 0 saturated heterocycles. The van der Waals surface area contributed by atoms with E-state index in [4.69, 9.17) is 17.3 Å². The quantitative estimate of drug-likeness (QED) is 0.603. The van der Waals surface area contributed by atoms with Gasteiger partial charge >= 0.3 is 11.9 Å². The van der Waals surface area contributed by atoms with E-state index in [9.17, 15) is 23.1 Å². The highest BCUT2D eigenvalue weighted by Crippen LogP contribution is 2.31. The molecule has 0 unspecified atom stereocenters. The van der Waals surface area contributed by atoms with E-state index in [2.05, 4.69) is 10.1 Å². The molecular weight excluding hydrogens is 361 g/mol. The Hall–Kier alpha value is -2.94. The summed E-state index contributed by atoms with van der Waals surface area (Å²) in [5.41, 5.74) is 4.40. The van der Waals surface area contributed by atoms with E-state index >= 15 is 0 Å². The summed E-state index contributed by atoms with van der Waals surface area (Å²) in [6.07, 6.45) is -4.46. The highest BCUT2D eigenvalue weighted by Gasteiger charge is 2.30. The molecule has 0 fully saturated rings. The van der Waals surface area contributed by atoms with Crippen molar-refractivity contribution >= 4 is 17.3 Å². The fraction of sp³-hybridized carbons (Fsp3) is 0.0667. The number of rotatable bonds is 2. The summed E-state index contributed by atoms with van der Waals surface area (Å²) in [6, 6.07) is 6.54. The van der Waals surface area contributed by atoms with Crippen molar-refractivity contribution in [3.63, 3.8) is 0 Å². The zero-order valence-electron chi connectivity index (χ0n) is 12.3. The Morgan fingerprint density at radius 3 is 2.44 bits per heavy atom. The highest BCUT2D eigenvalue weighted by atomic mass is 35.5. The Morgan fingerprint density at radius 1 is 1.20 bits per heavy atom. The summed E-state index contributed by atoms with van der Waals surface area (Å²) < 4.78 is 38.6. The lowest BCUT2D eigenvalue weighted by atomic mass is 10.1. The third-order valence-electron chi connectivity index (χ3n) is 3.43. The first-order valence-electron chi connectivity index (χ1n) is 6.82. The van der Waals surface area contributed by atoms with Gasteiger partial charge in [0.1, 0.15) is 11.4 Å². The van der Waals surface area contributed by atoms with Gasteiger partial charge in [0.05, 0.1) is 16.3 Å². The molecule has 0 radical (unpaired) electrons. The lowest BCUT2D eigenvalue weighted by Crippen LogP contribution is -2.16. The fourth-order valence-corrected chi connectivity index (χ4v) is 2.33. The minimum absolute atomic E-state index is 0.0152. The number of hydrogen-bond donors (Lipinski definition) is 3. The normalized spacial score (nSPS) is 11.7. The smallest absolute Gasteiger partial charge is 0.416 e. The van der Waals surface area contributed by atoms with E-state index in [0.29, 0.717) is 0 Å². The van der Waals surface area contributed by atoms with Gasteiger partial charge in [-0.15, -0.1) is 5.10 Å². The Kier molecular flexibility index (Phi) is 3.96. The molecular formula is C15H10ClF3N4O2. The molecule has 0 atom stereocenters. The minimum atomic E-state index is -4.46. The SMILES string of the molecule is Nc1cc(O)c(-n2nc(-c3ccc(C(F)(F)F)cc3)[nH]c2=O)cc1Cl. The van der Waals surface area contributed by atoms with Crippen LogP contribution in [0.5, 0.6) is 5.75 Å². The fourth-order valence-electron chi connectivity index (χ4n) is 2.17. The van der Waals surface area contributed by atoms with Crippen LogP contribution in [0.25, 0.3) is 17.1 Å². The molecule has 4 N–H and O–H groups in total. The zero-order chi connectivity index (χ0) is 18.4. The van der Waals surface area contributed by atoms with Crippen molar-refractivity contribution in [3.05, 3.63) is 57.5 Å². The molecule has 0 aliphatic carbocycles. The first-order chi connectivity index (χ1) is 11.7. The van der Waals surface area contributed by atoms with Gasteiger partial charge in [-0.2, -0.15) is 17.9 Å². The van der Waals surface area contributed by atoms with Gasteiger partial charge in [0, 0.05) is 11.6 Å². The molecule has 25 heavy (non-hydrogen) atoms. The number of hydrogen-bond acceptors (Lipinski definition) is 4. The molecule has 2 aromatic carbocycles. The number of nitrogens with two attached hydrogens (primary N) is 1. The van der Waals surface area contributed by atoms with E-state index in [1.54, 1.807) is 0 Å². The van der Waals surface area contributed by atoms with E-state index in [0.717, 1.165) is 22.9 Å². The average Bonchev–Trinajstić information content (AvgIpc) is 2.92. The number of nitrogens with zero attached hydrogens (tertiary/aromatic N) is 2.